The van der Waals surface area contributed by atoms with E-state index in [-0.39, 0.29) is 11.8 Å². The third kappa shape index (κ3) is 4.25. The van der Waals surface area contributed by atoms with Gasteiger partial charge in [0.25, 0.3) is 0 Å². The average Bonchev–Trinajstić information content (AvgIpc) is 2.45. The second-order valence-electron chi connectivity index (χ2n) is 4.71. The van der Waals surface area contributed by atoms with Gasteiger partial charge >= 0.3 is 0 Å². The Morgan fingerprint density at radius 1 is 1.05 bits per heavy atom. The molecule has 0 radical (unpaired) electrons. The van der Waals surface area contributed by atoms with Crippen molar-refractivity contribution in [3.63, 3.8) is 0 Å². The molecule has 98 valence electrons. The molecule has 2 nitrogen and oxygen atoms in total. The van der Waals surface area contributed by atoms with Crippen LogP contribution in [0, 0.1) is 0 Å². The quantitative estimate of drug-likeness (QED) is 0.807. The van der Waals surface area contributed by atoms with Crippen LogP contribution in [0.5, 0.6) is 5.75 Å². The Labute approximate surface area is 114 Å². The molecule has 19 heavy (non-hydrogen) atoms. The Hall–Kier alpha value is -2.09. The number of phenolic OH excluding ortho intramolecular Hbond substituents is 1. The van der Waals surface area contributed by atoms with Crippen molar-refractivity contribution in [2.24, 2.45) is 4.99 Å². The summed E-state index contributed by atoms with van der Waals surface area (Å²) in [5, 5.41) is 9.64. The van der Waals surface area contributed by atoms with Gasteiger partial charge in [-0.05, 0) is 37.5 Å². The van der Waals surface area contributed by atoms with Gasteiger partial charge in [-0.2, -0.15) is 0 Å². The van der Waals surface area contributed by atoms with Gasteiger partial charge in [-0.3, -0.25) is 4.99 Å². The summed E-state index contributed by atoms with van der Waals surface area (Å²) >= 11 is 0. The van der Waals surface area contributed by atoms with Crippen LogP contribution in [-0.2, 0) is 6.42 Å². The van der Waals surface area contributed by atoms with E-state index in [1.807, 2.05) is 24.3 Å². The number of phenols is 1. The monoisotopic (exact) mass is 253 g/mol. The zero-order valence-electron chi connectivity index (χ0n) is 11.2. The molecule has 0 aliphatic rings. The minimum absolute atomic E-state index is 0.250. The number of hydrogen-bond acceptors (Lipinski definition) is 2. The van der Waals surface area contributed by atoms with E-state index in [4.69, 9.17) is 0 Å². The highest BCUT2D eigenvalue weighted by molar-refractivity contribution is 5.83. The second kappa shape index (κ2) is 6.74. The summed E-state index contributed by atoms with van der Waals surface area (Å²) in [5.41, 5.74) is 2.11. The number of hydrogen-bond donors (Lipinski definition) is 1. The first kappa shape index (κ1) is 13.3. The first-order valence-corrected chi connectivity index (χ1v) is 6.61. The Balaban J connectivity index is 1.88. The molecule has 1 atom stereocenters. The molecule has 2 aromatic carbocycles. The highest BCUT2D eigenvalue weighted by Crippen LogP contribution is 2.14. The van der Waals surface area contributed by atoms with Crippen LogP contribution in [-0.4, -0.2) is 17.4 Å². The minimum atomic E-state index is 0.250. The lowest BCUT2D eigenvalue weighted by Gasteiger charge is -2.06. The summed E-state index contributed by atoms with van der Waals surface area (Å²) in [6, 6.07) is 17.9. The largest absolute Gasteiger partial charge is 0.507 e. The molecular weight excluding hydrogens is 234 g/mol. The van der Waals surface area contributed by atoms with Crippen molar-refractivity contribution in [1.29, 1.82) is 0 Å². The van der Waals surface area contributed by atoms with E-state index < -0.39 is 0 Å². The fourth-order valence-corrected chi connectivity index (χ4v) is 1.90. The molecule has 0 aromatic heterocycles. The van der Waals surface area contributed by atoms with Gasteiger partial charge in [-0.25, -0.2) is 0 Å². The van der Waals surface area contributed by atoms with E-state index in [9.17, 15) is 5.11 Å². The molecule has 0 aliphatic carbocycles. The Morgan fingerprint density at radius 3 is 2.47 bits per heavy atom. The van der Waals surface area contributed by atoms with Crippen molar-refractivity contribution < 1.29 is 5.11 Å². The molecule has 2 heteroatoms. The SMILES string of the molecule is CC(CCc1ccccc1)N=Cc1ccccc1O. The maximum absolute atomic E-state index is 9.64. The fourth-order valence-electron chi connectivity index (χ4n) is 1.90. The lowest BCUT2D eigenvalue weighted by Crippen LogP contribution is -2.01. The van der Waals surface area contributed by atoms with Crippen LogP contribution in [0.1, 0.15) is 24.5 Å². The van der Waals surface area contributed by atoms with Gasteiger partial charge in [0.1, 0.15) is 5.75 Å². The van der Waals surface area contributed by atoms with Crippen LogP contribution < -0.4 is 0 Å². The molecule has 0 saturated heterocycles. The lowest BCUT2D eigenvalue weighted by atomic mass is 10.1. The molecule has 2 rings (SSSR count). The molecule has 1 N–H and O–H groups in total. The molecule has 0 amide bonds. The lowest BCUT2D eigenvalue weighted by molar-refractivity contribution is 0.474. The zero-order valence-corrected chi connectivity index (χ0v) is 11.2. The summed E-state index contributed by atoms with van der Waals surface area (Å²) < 4.78 is 0. The van der Waals surface area contributed by atoms with Gasteiger partial charge in [-0.15, -0.1) is 0 Å². The van der Waals surface area contributed by atoms with Crippen molar-refractivity contribution in [1.82, 2.24) is 0 Å². The van der Waals surface area contributed by atoms with Gasteiger partial charge in [0.2, 0.25) is 0 Å². The summed E-state index contributed by atoms with van der Waals surface area (Å²) in [4.78, 5) is 4.49. The standard InChI is InChI=1S/C17H19NO/c1-14(11-12-15-7-3-2-4-8-15)18-13-16-9-5-6-10-17(16)19/h2-10,13-14,19H,11-12H2,1H3. The van der Waals surface area contributed by atoms with Crippen molar-refractivity contribution in [2.45, 2.75) is 25.8 Å². The van der Waals surface area contributed by atoms with E-state index in [0.29, 0.717) is 0 Å². The predicted octanol–water partition coefficient (Wildman–Crippen LogP) is 3.83. The second-order valence-corrected chi connectivity index (χ2v) is 4.71. The Kier molecular flexibility index (Phi) is 4.73. The molecule has 2 aromatic rings. The number of aliphatic imine (C=N–C) groups is 1. The van der Waals surface area contributed by atoms with Crippen molar-refractivity contribution >= 4 is 6.21 Å². The van der Waals surface area contributed by atoms with Crippen LogP contribution in [0.2, 0.25) is 0 Å². The highest BCUT2D eigenvalue weighted by Gasteiger charge is 2.00. The summed E-state index contributed by atoms with van der Waals surface area (Å²) in [6.07, 6.45) is 3.79. The zero-order chi connectivity index (χ0) is 13.5. The van der Waals surface area contributed by atoms with E-state index in [0.717, 1.165) is 18.4 Å². The number of rotatable bonds is 5. The molecule has 0 spiro atoms. The van der Waals surface area contributed by atoms with Gasteiger partial charge in [0.15, 0.2) is 0 Å². The number of aromatic hydroxyl groups is 1. The van der Waals surface area contributed by atoms with E-state index >= 15 is 0 Å². The summed E-state index contributed by atoms with van der Waals surface area (Å²) in [6.45, 7) is 2.10. The van der Waals surface area contributed by atoms with Gasteiger partial charge in [0.05, 0.1) is 0 Å². The van der Waals surface area contributed by atoms with Gasteiger partial charge < -0.3 is 5.11 Å². The maximum atomic E-state index is 9.64. The number of para-hydroxylation sites is 1. The van der Waals surface area contributed by atoms with E-state index in [1.54, 1.807) is 12.3 Å². The molecule has 0 fully saturated rings. The number of benzene rings is 2. The topological polar surface area (TPSA) is 32.6 Å². The van der Waals surface area contributed by atoms with Crippen LogP contribution >= 0.6 is 0 Å². The summed E-state index contributed by atoms with van der Waals surface area (Å²) in [5.74, 6) is 0.279. The van der Waals surface area contributed by atoms with Crippen molar-refractivity contribution in [3.05, 3.63) is 65.7 Å². The van der Waals surface area contributed by atoms with Crippen molar-refractivity contribution in [3.8, 4) is 5.75 Å². The number of nitrogens with zero attached hydrogens (tertiary/aromatic N) is 1. The number of aryl methyl sites for hydroxylation is 1. The van der Waals surface area contributed by atoms with Crippen LogP contribution in [0.4, 0.5) is 0 Å². The van der Waals surface area contributed by atoms with Crippen LogP contribution in [0.15, 0.2) is 59.6 Å². The van der Waals surface area contributed by atoms with Crippen molar-refractivity contribution in [2.75, 3.05) is 0 Å². The fraction of sp³-hybridized carbons (Fsp3) is 0.235. The first-order valence-electron chi connectivity index (χ1n) is 6.61. The maximum Gasteiger partial charge on any atom is 0.124 e. The molecule has 0 saturated carbocycles. The smallest absolute Gasteiger partial charge is 0.124 e. The van der Waals surface area contributed by atoms with Crippen LogP contribution in [0.25, 0.3) is 0 Å². The normalized spacial score (nSPS) is 12.7. The van der Waals surface area contributed by atoms with Gasteiger partial charge in [-0.1, -0.05) is 42.5 Å². The van der Waals surface area contributed by atoms with E-state index in [2.05, 4.69) is 36.2 Å². The molecule has 0 heterocycles. The Morgan fingerprint density at radius 2 is 1.74 bits per heavy atom. The molecule has 0 aliphatic heterocycles. The third-order valence-electron chi connectivity index (χ3n) is 3.10. The predicted molar refractivity (Wildman–Crippen MR) is 79.9 cm³/mol. The minimum Gasteiger partial charge on any atom is -0.507 e. The highest BCUT2D eigenvalue weighted by atomic mass is 16.3. The average molecular weight is 253 g/mol. The van der Waals surface area contributed by atoms with Crippen LogP contribution in [0.3, 0.4) is 0 Å². The first-order chi connectivity index (χ1) is 9.25. The molecular formula is C17H19NO. The van der Waals surface area contributed by atoms with Gasteiger partial charge in [0, 0.05) is 17.8 Å². The molecule has 0 bridgehead atoms. The van der Waals surface area contributed by atoms with E-state index in [1.165, 1.54) is 5.56 Å². The Bertz CT molecular complexity index is 534. The third-order valence-corrected chi connectivity index (χ3v) is 3.10. The summed E-state index contributed by atoms with van der Waals surface area (Å²) in [7, 11) is 0. The molecule has 1 unspecified atom stereocenters.